The zero-order chi connectivity index (χ0) is 14.3. The normalized spacial score (nSPS) is 9.74. The van der Waals surface area contributed by atoms with E-state index in [9.17, 15) is 14.9 Å². The number of nitro groups is 1. The lowest BCUT2D eigenvalue weighted by Gasteiger charge is -2.10. The van der Waals surface area contributed by atoms with E-state index in [1.165, 1.54) is 19.2 Å². The number of nitrogens with zero attached hydrogens (tertiary/aromatic N) is 1. The van der Waals surface area contributed by atoms with E-state index >= 15 is 0 Å². The summed E-state index contributed by atoms with van der Waals surface area (Å²) in [6, 6.07) is 2.50. The fraction of sp³-hybridized carbons (Fsp3) is 0.308. The Morgan fingerprint density at radius 1 is 1.42 bits per heavy atom. The second kappa shape index (κ2) is 7.15. The van der Waals surface area contributed by atoms with Crippen molar-refractivity contribution in [2.75, 3.05) is 13.7 Å². The predicted octanol–water partition coefficient (Wildman–Crippen LogP) is 2.76. The fourth-order valence-electron chi connectivity index (χ4n) is 1.50. The quantitative estimate of drug-likeness (QED) is 0.237. The van der Waals surface area contributed by atoms with Gasteiger partial charge in [-0.05, 0) is 12.8 Å². The van der Waals surface area contributed by atoms with Crippen LogP contribution in [0.5, 0.6) is 11.5 Å². The Morgan fingerprint density at radius 2 is 2.16 bits per heavy atom. The van der Waals surface area contributed by atoms with E-state index in [2.05, 4.69) is 6.58 Å². The Morgan fingerprint density at radius 3 is 2.68 bits per heavy atom. The molecular weight excluding hydrogens is 250 g/mol. The van der Waals surface area contributed by atoms with Gasteiger partial charge in [0.25, 0.3) is 5.69 Å². The van der Waals surface area contributed by atoms with Gasteiger partial charge in [-0.15, -0.1) is 6.58 Å². The highest BCUT2D eigenvalue weighted by Crippen LogP contribution is 2.34. The molecule has 19 heavy (non-hydrogen) atoms. The summed E-state index contributed by atoms with van der Waals surface area (Å²) in [4.78, 5) is 21.0. The number of benzene rings is 1. The van der Waals surface area contributed by atoms with Crippen molar-refractivity contribution < 1.29 is 19.2 Å². The summed E-state index contributed by atoms with van der Waals surface area (Å²) in [5, 5.41) is 10.8. The van der Waals surface area contributed by atoms with Crippen LogP contribution in [0, 0.1) is 10.1 Å². The van der Waals surface area contributed by atoms with Crippen molar-refractivity contribution in [3.63, 3.8) is 0 Å². The molecular formula is C13H15NO5. The van der Waals surface area contributed by atoms with Crippen LogP contribution in [0.1, 0.15) is 23.2 Å². The molecule has 0 amide bonds. The molecule has 0 aliphatic heterocycles. The van der Waals surface area contributed by atoms with Crippen LogP contribution in [0.2, 0.25) is 0 Å². The Bertz CT molecular complexity index is 484. The third-order valence-corrected chi connectivity index (χ3v) is 2.45. The number of ether oxygens (including phenoxy) is 2. The number of hydrogen-bond acceptors (Lipinski definition) is 5. The second-order valence-electron chi connectivity index (χ2n) is 3.72. The lowest BCUT2D eigenvalue weighted by Crippen LogP contribution is -2.02. The van der Waals surface area contributed by atoms with Gasteiger partial charge in [-0.1, -0.05) is 6.08 Å². The number of rotatable bonds is 8. The van der Waals surface area contributed by atoms with Crippen LogP contribution in [0.25, 0.3) is 0 Å². The molecule has 6 heteroatoms. The SMILES string of the molecule is C=CCCCOc1cc([N+](=O)[O-])c(C=O)cc1OC. The van der Waals surface area contributed by atoms with Crippen LogP contribution in [-0.4, -0.2) is 24.9 Å². The van der Waals surface area contributed by atoms with E-state index in [0.29, 0.717) is 18.6 Å². The molecule has 0 spiro atoms. The third-order valence-electron chi connectivity index (χ3n) is 2.45. The second-order valence-corrected chi connectivity index (χ2v) is 3.72. The molecule has 6 nitrogen and oxygen atoms in total. The van der Waals surface area contributed by atoms with E-state index in [1.807, 2.05) is 0 Å². The first-order valence-corrected chi connectivity index (χ1v) is 5.69. The van der Waals surface area contributed by atoms with Gasteiger partial charge in [-0.3, -0.25) is 14.9 Å². The summed E-state index contributed by atoms with van der Waals surface area (Å²) in [7, 11) is 1.41. The minimum atomic E-state index is -0.625. The number of carbonyl (C=O) groups excluding carboxylic acids is 1. The summed E-state index contributed by atoms with van der Waals surface area (Å²) in [5.74, 6) is 0.551. The maximum absolute atomic E-state index is 10.8. The van der Waals surface area contributed by atoms with Crippen molar-refractivity contribution in [2.24, 2.45) is 0 Å². The van der Waals surface area contributed by atoms with E-state index in [0.717, 1.165) is 12.8 Å². The van der Waals surface area contributed by atoms with Crippen molar-refractivity contribution in [3.05, 3.63) is 40.5 Å². The van der Waals surface area contributed by atoms with Gasteiger partial charge in [-0.25, -0.2) is 0 Å². The topological polar surface area (TPSA) is 78.7 Å². The minimum Gasteiger partial charge on any atom is -0.493 e. The average Bonchev–Trinajstić information content (AvgIpc) is 2.42. The first-order valence-electron chi connectivity index (χ1n) is 5.69. The maximum atomic E-state index is 10.8. The molecule has 0 aliphatic carbocycles. The van der Waals surface area contributed by atoms with Gasteiger partial charge in [0.15, 0.2) is 17.8 Å². The minimum absolute atomic E-state index is 0.0414. The van der Waals surface area contributed by atoms with Crippen molar-refractivity contribution in [1.29, 1.82) is 0 Å². The molecule has 1 aromatic carbocycles. The van der Waals surface area contributed by atoms with E-state index in [-0.39, 0.29) is 17.0 Å². The lowest BCUT2D eigenvalue weighted by molar-refractivity contribution is -0.385. The molecule has 0 N–H and O–H groups in total. The zero-order valence-electron chi connectivity index (χ0n) is 10.6. The number of unbranched alkanes of at least 4 members (excludes halogenated alkanes) is 1. The Kier molecular flexibility index (Phi) is 5.53. The summed E-state index contributed by atoms with van der Waals surface area (Å²) in [6.07, 6.45) is 3.72. The van der Waals surface area contributed by atoms with Gasteiger partial charge >= 0.3 is 0 Å². The number of nitro benzene ring substituents is 1. The molecule has 0 saturated heterocycles. The van der Waals surface area contributed by atoms with Crippen molar-refractivity contribution in [1.82, 2.24) is 0 Å². The van der Waals surface area contributed by atoms with Crippen LogP contribution >= 0.6 is 0 Å². The predicted molar refractivity (Wildman–Crippen MR) is 70.0 cm³/mol. The Hall–Kier alpha value is -2.37. The molecule has 0 atom stereocenters. The summed E-state index contributed by atoms with van der Waals surface area (Å²) in [6.45, 7) is 3.98. The van der Waals surface area contributed by atoms with Crippen LogP contribution in [0.3, 0.4) is 0 Å². The van der Waals surface area contributed by atoms with Gasteiger partial charge in [0, 0.05) is 6.07 Å². The first kappa shape index (κ1) is 14.7. The van der Waals surface area contributed by atoms with E-state index in [4.69, 9.17) is 9.47 Å². The molecule has 0 unspecified atom stereocenters. The van der Waals surface area contributed by atoms with E-state index in [1.54, 1.807) is 6.08 Å². The highest BCUT2D eigenvalue weighted by atomic mass is 16.6. The van der Waals surface area contributed by atoms with Crippen LogP contribution in [0.4, 0.5) is 5.69 Å². The Labute approximate surface area is 110 Å². The molecule has 1 rings (SSSR count). The smallest absolute Gasteiger partial charge is 0.283 e. The Balaban J connectivity index is 3.00. The van der Waals surface area contributed by atoms with Crippen LogP contribution < -0.4 is 9.47 Å². The highest BCUT2D eigenvalue weighted by Gasteiger charge is 2.19. The molecule has 102 valence electrons. The van der Waals surface area contributed by atoms with Gasteiger partial charge in [0.05, 0.1) is 30.3 Å². The van der Waals surface area contributed by atoms with Gasteiger partial charge in [0.1, 0.15) is 0 Å². The highest BCUT2D eigenvalue weighted by molar-refractivity contribution is 5.83. The van der Waals surface area contributed by atoms with Gasteiger partial charge in [0.2, 0.25) is 0 Å². The maximum Gasteiger partial charge on any atom is 0.283 e. The van der Waals surface area contributed by atoms with Crippen molar-refractivity contribution >= 4 is 12.0 Å². The fourth-order valence-corrected chi connectivity index (χ4v) is 1.50. The summed E-state index contributed by atoms with van der Waals surface area (Å²) >= 11 is 0. The van der Waals surface area contributed by atoms with Gasteiger partial charge < -0.3 is 9.47 Å². The molecule has 0 heterocycles. The molecule has 0 fully saturated rings. The number of aldehydes is 1. The van der Waals surface area contributed by atoms with Crippen molar-refractivity contribution in [2.45, 2.75) is 12.8 Å². The largest absolute Gasteiger partial charge is 0.493 e. The summed E-state index contributed by atoms with van der Waals surface area (Å²) in [5.41, 5.74) is -0.338. The molecule has 0 bridgehead atoms. The standard InChI is InChI=1S/C13H15NO5/c1-3-4-5-6-19-13-8-11(14(16)17)10(9-15)7-12(13)18-2/h3,7-9H,1,4-6H2,2H3. The number of carbonyl (C=O) groups is 1. The van der Waals surface area contributed by atoms with E-state index < -0.39 is 4.92 Å². The first-order chi connectivity index (χ1) is 9.13. The lowest BCUT2D eigenvalue weighted by atomic mass is 10.1. The molecule has 0 saturated carbocycles. The monoisotopic (exact) mass is 265 g/mol. The van der Waals surface area contributed by atoms with Gasteiger partial charge in [-0.2, -0.15) is 0 Å². The number of hydrogen-bond donors (Lipinski definition) is 0. The number of allylic oxidation sites excluding steroid dienone is 1. The van der Waals surface area contributed by atoms with Crippen LogP contribution in [-0.2, 0) is 0 Å². The summed E-state index contributed by atoms with van der Waals surface area (Å²) < 4.78 is 10.5. The molecule has 1 aromatic rings. The molecule has 0 aromatic heterocycles. The van der Waals surface area contributed by atoms with Crippen molar-refractivity contribution in [3.8, 4) is 11.5 Å². The molecule has 0 aliphatic rings. The average molecular weight is 265 g/mol. The molecule has 0 radical (unpaired) electrons. The third kappa shape index (κ3) is 3.80. The number of methoxy groups -OCH3 is 1. The van der Waals surface area contributed by atoms with Crippen LogP contribution in [0.15, 0.2) is 24.8 Å². The zero-order valence-corrected chi connectivity index (χ0v) is 10.6.